The van der Waals surface area contributed by atoms with E-state index in [2.05, 4.69) is 0 Å². The predicted octanol–water partition coefficient (Wildman–Crippen LogP) is 1.99. The maximum atomic E-state index is 12.9. The summed E-state index contributed by atoms with van der Waals surface area (Å²) in [4.78, 5) is 37.9. The molecule has 3 fully saturated rings. The number of carbonyl (C=O) groups excluding carboxylic acids is 3. The van der Waals surface area contributed by atoms with Crippen LogP contribution in [0.2, 0.25) is 19.6 Å². The molecule has 4 unspecified atom stereocenters. The summed E-state index contributed by atoms with van der Waals surface area (Å²) in [6.45, 7) is 9.94. The fourth-order valence-electron chi connectivity index (χ4n) is 5.41. The maximum Gasteiger partial charge on any atom is 0.342 e. The molecule has 5 atom stereocenters. The Morgan fingerprint density at radius 2 is 1.92 bits per heavy atom. The molecule has 4 aliphatic rings. The molecule has 1 spiro atoms. The lowest BCUT2D eigenvalue weighted by molar-refractivity contribution is -0.209. The number of hydrogen-bond donors (Lipinski definition) is 0. The SMILES string of the molecule is C[C@@H]1C(=O)C=C2C13CC(=O)OC(C3)C1(O[Si](C)(C)C)C(=O)OCC21C. The van der Waals surface area contributed by atoms with E-state index in [-0.39, 0.29) is 30.7 Å². The van der Waals surface area contributed by atoms with Gasteiger partial charge in [0.05, 0.1) is 11.8 Å². The summed E-state index contributed by atoms with van der Waals surface area (Å²) in [5.74, 6) is -1.13. The van der Waals surface area contributed by atoms with Crippen molar-refractivity contribution in [1.29, 1.82) is 0 Å². The number of cyclic esters (lactones) is 1. The molecule has 0 N–H and O–H groups in total. The number of allylic oxidation sites excluding steroid dienone is 1. The molecule has 6 nitrogen and oxygen atoms in total. The Labute approximate surface area is 148 Å². The van der Waals surface area contributed by atoms with Crippen LogP contribution in [-0.2, 0) is 28.3 Å². The van der Waals surface area contributed by atoms with Gasteiger partial charge in [-0.25, -0.2) is 4.79 Å². The van der Waals surface area contributed by atoms with E-state index in [4.69, 9.17) is 13.9 Å². The second kappa shape index (κ2) is 4.62. The lowest BCUT2D eigenvalue weighted by Gasteiger charge is -2.59. The second-order valence-corrected chi connectivity index (χ2v) is 13.5. The van der Waals surface area contributed by atoms with E-state index >= 15 is 0 Å². The van der Waals surface area contributed by atoms with Crippen LogP contribution >= 0.6 is 0 Å². The van der Waals surface area contributed by atoms with E-state index in [0.29, 0.717) is 6.42 Å². The summed E-state index contributed by atoms with van der Waals surface area (Å²) >= 11 is 0. The van der Waals surface area contributed by atoms with Crippen molar-refractivity contribution in [2.45, 2.75) is 58.0 Å². The van der Waals surface area contributed by atoms with Crippen molar-refractivity contribution in [2.75, 3.05) is 6.61 Å². The molecule has 25 heavy (non-hydrogen) atoms. The Balaban J connectivity index is 1.98. The first-order chi connectivity index (χ1) is 11.5. The normalized spacial score (nSPS) is 45.5. The first kappa shape index (κ1) is 17.0. The van der Waals surface area contributed by atoms with Crippen LogP contribution < -0.4 is 0 Å². The van der Waals surface area contributed by atoms with Gasteiger partial charge in [-0.05, 0) is 44.6 Å². The molecule has 4 rings (SSSR count). The molecule has 2 heterocycles. The minimum atomic E-state index is -2.19. The zero-order valence-electron chi connectivity index (χ0n) is 15.3. The van der Waals surface area contributed by atoms with Crippen LogP contribution in [0.3, 0.4) is 0 Å². The molecule has 0 amide bonds. The summed E-state index contributed by atoms with van der Waals surface area (Å²) in [5, 5.41) is 0. The zero-order valence-corrected chi connectivity index (χ0v) is 16.3. The van der Waals surface area contributed by atoms with E-state index in [1.165, 1.54) is 0 Å². The largest absolute Gasteiger partial charge is 0.462 e. The van der Waals surface area contributed by atoms with Gasteiger partial charge in [-0.15, -0.1) is 0 Å². The molecule has 2 bridgehead atoms. The Kier molecular flexibility index (Phi) is 3.14. The Morgan fingerprint density at radius 1 is 1.24 bits per heavy atom. The van der Waals surface area contributed by atoms with Gasteiger partial charge in [0.25, 0.3) is 0 Å². The summed E-state index contributed by atoms with van der Waals surface area (Å²) in [7, 11) is -2.19. The van der Waals surface area contributed by atoms with Crippen LogP contribution in [0.1, 0.15) is 26.7 Å². The highest BCUT2D eigenvalue weighted by atomic mass is 28.4. The molecule has 0 aromatic heterocycles. The van der Waals surface area contributed by atoms with Gasteiger partial charge in [-0.2, -0.15) is 0 Å². The lowest BCUT2D eigenvalue weighted by atomic mass is 9.50. The van der Waals surface area contributed by atoms with Crippen LogP contribution in [0.4, 0.5) is 0 Å². The molecule has 2 aliphatic carbocycles. The number of hydrogen-bond acceptors (Lipinski definition) is 6. The minimum Gasteiger partial charge on any atom is -0.462 e. The van der Waals surface area contributed by atoms with Crippen molar-refractivity contribution in [3.8, 4) is 0 Å². The molecule has 2 aliphatic heterocycles. The number of esters is 2. The average Bonchev–Trinajstić information content (AvgIpc) is 2.87. The summed E-state index contributed by atoms with van der Waals surface area (Å²) < 4.78 is 17.6. The summed E-state index contributed by atoms with van der Waals surface area (Å²) in [6.07, 6.45) is 1.54. The average molecular weight is 364 g/mol. The second-order valence-electron chi connectivity index (χ2n) is 9.06. The van der Waals surface area contributed by atoms with E-state index in [1.54, 1.807) is 6.08 Å². The molecular weight excluding hydrogens is 340 g/mol. The third kappa shape index (κ3) is 1.86. The van der Waals surface area contributed by atoms with Crippen LogP contribution in [0.25, 0.3) is 0 Å². The number of ether oxygens (including phenoxy) is 2. The van der Waals surface area contributed by atoms with Crippen LogP contribution in [0.15, 0.2) is 11.6 Å². The van der Waals surface area contributed by atoms with Crippen molar-refractivity contribution < 1.29 is 28.3 Å². The molecule has 2 saturated heterocycles. The standard InChI is InChI=1S/C18H24O6Si/c1-10-11(19)6-12-16(2)9-22-15(21)18(16,24-25(3,4)5)13-7-17(10,12)8-14(20)23-13/h6,10,13H,7-9H2,1-5H3/t10-,13?,16?,17?,18?/m1/s1. The Morgan fingerprint density at radius 3 is 2.56 bits per heavy atom. The van der Waals surface area contributed by atoms with Crippen molar-refractivity contribution in [1.82, 2.24) is 0 Å². The zero-order chi connectivity index (χ0) is 18.4. The monoisotopic (exact) mass is 364 g/mol. The van der Waals surface area contributed by atoms with Crippen molar-refractivity contribution in [2.24, 2.45) is 16.7 Å². The Bertz CT molecular complexity index is 736. The summed E-state index contributed by atoms with van der Waals surface area (Å²) in [5.41, 5.74) is -1.89. The fourth-order valence-corrected chi connectivity index (χ4v) is 6.81. The van der Waals surface area contributed by atoms with Crippen LogP contribution in [-0.4, -0.2) is 44.4 Å². The number of rotatable bonds is 2. The first-order valence-electron chi connectivity index (χ1n) is 8.80. The lowest BCUT2D eigenvalue weighted by Crippen LogP contribution is -2.70. The van der Waals surface area contributed by atoms with Crippen molar-refractivity contribution >= 4 is 26.0 Å². The molecule has 0 aromatic rings. The smallest absolute Gasteiger partial charge is 0.342 e. The van der Waals surface area contributed by atoms with E-state index < -0.39 is 36.8 Å². The number of fused-ring (bicyclic) bond motifs is 4. The molecule has 0 radical (unpaired) electrons. The fraction of sp³-hybridized carbons (Fsp3) is 0.722. The highest BCUT2D eigenvalue weighted by Crippen LogP contribution is 2.68. The highest BCUT2D eigenvalue weighted by Gasteiger charge is 2.78. The third-order valence-electron chi connectivity index (χ3n) is 6.49. The number of carbonyl (C=O) groups is 3. The minimum absolute atomic E-state index is 0.00725. The Hall–Kier alpha value is -1.47. The van der Waals surface area contributed by atoms with Crippen LogP contribution in [0.5, 0.6) is 0 Å². The third-order valence-corrected chi connectivity index (χ3v) is 7.43. The quantitative estimate of drug-likeness (QED) is 0.551. The van der Waals surface area contributed by atoms with Gasteiger partial charge >= 0.3 is 11.9 Å². The molecule has 7 heteroatoms. The number of ketones is 1. The topological polar surface area (TPSA) is 78.9 Å². The maximum absolute atomic E-state index is 12.9. The van der Waals surface area contributed by atoms with Crippen molar-refractivity contribution in [3.05, 3.63) is 11.6 Å². The van der Waals surface area contributed by atoms with Gasteiger partial charge in [-0.1, -0.05) is 6.92 Å². The van der Waals surface area contributed by atoms with Gasteiger partial charge < -0.3 is 13.9 Å². The van der Waals surface area contributed by atoms with Gasteiger partial charge in [0, 0.05) is 11.3 Å². The van der Waals surface area contributed by atoms with Crippen LogP contribution in [0, 0.1) is 16.7 Å². The predicted molar refractivity (Wildman–Crippen MR) is 90.0 cm³/mol. The van der Waals surface area contributed by atoms with E-state index in [1.807, 2.05) is 33.5 Å². The molecule has 136 valence electrons. The van der Waals surface area contributed by atoms with E-state index in [0.717, 1.165) is 5.57 Å². The van der Waals surface area contributed by atoms with Crippen molar-refractivity contribution in [3.63, 3.8) is 0 Å². The van der Waals surface area contributed by atoms with Gasteiger partial charge in [0.2, 0.25) is 5.60 Å². The van der Waals surface area contributed by atoms with E-state index in [9.17, 15) is 14.4 Å². The van der Waals surface area contributed by atoms with Gasteiger partial charge in [0.15, 0.2) is 14.1 Å². The first-order valence-corrected chi connectivity index (χ1v) is 12.2. The molecule has 1 saturated carbocycles. The molecule has 0 aromatic carbocycles. The van der Waals surface area contributed by atoms with Gasteiger partial charge in [0.1, 0.15) is 12.7 Å². The summed E-state index contributed by atoms with van der Waals surface area (Å²) in [6, 6.07) is 0. The highest BCUT2D eigenvalue weighted by molar-refractivity contribution is 6.70. The molecular formula is C18H24O6Si. The van der Waals surface area contributed by atoms with Gasteiger partial charge in [-0.3, -0.25) is 9.59 Å².